The Labute approximate surface area is 136 Å². The quantitative estimate of drug-likeness (QED) is 0.786. The first-order valence-corrected chi connectivity index (χ1v) is 7.99. The van der Waals surface area contributed by atoms with Crippen LogP contribution in [0.25, 0.3) is 16.7 Å². The number of aromatic hydroxyl groups is 1. The number of rotatable bonds is 5. The molecule has 3 rings (SSSR count). The molecule has 0 aliphatic rings. The van der Waals surface area contributed by atoms with Gasteiger partial charge in [0, 0.05) is 12.1 Å². The van der Waals surface area contributed by atoms with E-state index in [4.69, 9.17) is 0 Å². The second kappa shape index (κ2) is 6.38. The minimum absolute atomic E-state index is 0.253. The Hall–Kier alpha value is -2.40. The standard InChI is InChI=1S/C18H22N4O/c1-4-21(5-2)12-14-10-13(3)11-17(18(14)23)22-19-15-8-6-7-9-16(15)20-22/h6-11,23H,4-5,12H2,1-3H3. The highest BCUT2D eigenvalue weighted by molar-refractivity contribution is 5.73. The van der Waals surface area contributed by atoms with E-state index in [0.29, 0.717) is 12.2 Å². The molecule has 0 unspecified atom stereocenters. The summed E-state index contributed by atoms with van der Waals surface area (Å²) in [7, 11) is 0. The average Bonchev–Trinajstić information content (AvgIpc) is 2.99. The van der Waals surface area contributed by atoms with Gasteiger partial charge in [0.15, 0.2) is 0 Å². The Morgan fingerprint density at radius 3 is 2.22 bits per heavy atom. The SMILES string of the molecule is CCN(CC)Cc1cc(C)cc(-n2nc3ccccc3n2)c1O. The van der Waals surface area contributed by atoms with E-state index in [-0.39, 0.29) is 5.75 Å². The van der Waals surface area contributed by atoms with Crippen molar-refractivity contribution in [2.24, 2.45) is 0 Å². The molecule has 1 N–H and O–H groups in total. The van der Waals surface area contributed by atoms with Crippen molar-refractivity contribution < 1.29 is 5.11 Å². The summed E-state index contributed by atoms with van der Waals surface area (Å²) in [6, 6.07) is 11.7. The number of aryl methyl sites for hydroxylation is 1. The second-order valence-corrected chi connectivity index (χ2v) is 5.73. The Bertz CT molecular complexity index is 788. The van der Waals surface area contributed by atoms with Gasteiger partial charge in [-0.3, -0.25) is 4.90 Å². The van der Waals surface area contributed by atoms with Crippen LogP contribution >= 0.6 is 0 Å². The van der Waals surface area contributed by atoms with Crippen LogP contribution in [0.1, 0.15) is 25.0 Å². The molecule has 0 fully saturated rings. The maximum atomic E-state index is 10.7. The normalized spacial score (nSPS) is 11.5. The van der Waals surface area contributed by atoms with E-state index in [1.165, 1.54) is 4.80 Å². The van der Waals surface area contributed by atoms with E-state index < -0.39 is 0 Å². The van der Waals surface area contributed by atoms with E-state index in [0.717, 1.165) is 35.2 Å². The molecular formula is C18H22N4O. The zero-order valence-electron chi connectivity index (χ0n) is 13.8. The Morgan fingerprint density at radius 1 is 1.04 bits per heavy atom. The molecule has 0 saturated heterocycles. The summed E-state index contributed by atoms with van der Waals surface area (Å²) in [5.74, 6) is 0.253. The predicted octanol–water partition coefficient (Wildman–Crippen LogP) is 3.28. The molecule has 1 aromatic heterocycles. The van der Waals surface area contributed by atoms with Gasteiger partial charge in [-0.05, 0) is 43.8 Å². The summed E-state index contributed by atoms with van der Waals surface area (Å²) < 4.78 is 0. The monoisotopic (exact) mass is 310 g/mol. The molecule has 0 bridgehead atoms. The van der Waals surface area contributed by atoms with E-state index in [9.17, 15) is 5.11 Å². The van der Waals surface area contributed by atoms with Crippen molar-refractivity contribution in [1.82, 2.24) is 19.9 Å². The molecule has 120 valence electrons. The first kappa shape index (κ1) is 15.5. The minimum atomic E-state index is 0.253. The van der Waals surface area contributed by atoms with Crippen molar-refractivity contribution in [2.45, 2.75) is 27.3 Å². The Kier molecular flexibility index (Phi) is 4.30. The van der Waals surface area contributed by atoms with Crippen molar-refractivity contribution in [1.29, 1.82) is 0 Å². The first-order chi connectivity index (χ1) is 11.1. The molecule has 2 aromatic carbocycles. The van der Waals surface area contributed by atoms with Gasteiger partial charge < -0.3 is 5.11 Å². The molecule has 0 amide bonds. The lowest BCUT2D eigenvalue weighted by Gasteiger charge is -2.20. The fourth-order valence-electron chi connectivity index (χ4n) is 2.76. The van der Waals surface area contributed by atoms with Crippen molar-refractivity contribution in [2.75, 3.05) is 13.1 Å². The van der Waals surface area contributed by atoms with Gasteiger partial charge in [-0.15, -0.1) is 15.0 Å². The van der Waals surface area contributed by atoms with Crippen LogP contribution in [0, 0.1) is 6.92 Å². The molecule has 5 heteroatoms. The predicted molar refractivity (Wildman–Crippen MR) is 91.9 cm³/mol. The fourth-order valence-corrected chi connectivity index (χ4v) is 2.76. The molecule has 0 spiro atoms. The fraction of sp³-hybridized carbons (Fsp3) is 0.333. The molecule has 1 heterocycles. The summed E-state index contributed by atoms with van der Waals surface area (Å²) in [6.45, 7) is 8.89. The van der Waals surface area contributed by atoms with Crippen LogP contribution in [0.3, 0.4) is 0 Å². The first-order valence-electron chi connectivity index (χ1n) is 7.99. The molecule has 0 radical (unpaired) electrons. The molecule has 3 aromatic rings. The van der Waals surface area contributed by atoms with Crippen LogP contribution in [0.4, 0.5) is 0 Å². The van der Waals surface area contributed by atoms with Crippen molar-refractivity contribution in [3.05, 3.63) is 47.5 Å². The topological polar surface area (TPSA) is 54.2 Å². The lowest BCUT2D eigenvalue weighted by atomic mass is 10.1. The Morgan fingerprint density at radius 2 is 1.65 bits per heavy atom. The molecule has 0 aliphatic heterocycles. The van der Waals surface area contributed by atoms with Gasteiger partial charge in [-0.1, -0.05) is 32.0 Å². The largest absolute Gasteiger partial charge is 0.505 e. The second-order valence-electron chi connectivity index (χ2n) is 5.73. The van der Waals surface area contributed by atoms with Crippen LogP contribution < -0.4 is 0 Å². The average molecular weight is 310 g/mol. The number of phenolic OH excluding ortho intramolecular Hbond substituents is 1. The van der Waals surface area contributed by atoms with Crippen molar-refractivity contribution in [3.8, 4) is 11.4 Å². The van der Waals surface area contributed by atoms with Gasteiger partial charge in [-0.25, -0.2) is 0 Å². The van der Waals surface area contributed by atoms with Gasteiger partial charge in [0.1, 0.15) is 22.5 Å². The van der Waals surface area contributed by atoms with E-state index in [1.807, 2.05) is 43.3 Å². The number of nitrogens with zero attached hydrogens (tertiary/aromatic N) is 4. The third kappa shape index (κ3) is 3.05. The highest BCUT2D eigenvalue weighted by Gasteiger charge is 2.15. The zero-order chi connectivity index (χ0) is 16.4. The van der Waals surface area contributed by atoms with Gasteiger partial charge in [0.25, 0.3) is 0 Å². The smallest absolute Gasteiger partial charge is 0.147 e. The van der Waals surface area contributed by atoms with Crippen molar-refractivity contribution in [3.63, 3.8) is 0 Å². The lowest BCUT2D eigenvalue weighted by molar-refractivity contribution is 0.290. The maximum absolute atomic E-state index is 10.7. The highest BCUT2D eigenvalue weighted by atomic mass is 16.3. The van der Waals surface area contributed by atoms with Gasteiger partial charge in [-0.2, -0.15) is 0 Å². The summed E-state index contributed by atoms with van der Waals surface area (Å²) >= 11 is 0. The van der Waals surface area contributed by atoms with E-state index >= 15 is 0 Å². The van der Waals surface area contributed by atoms with Gasteiger partial charge in [0.05, 0.1) is 0 Å². The summed E-state index contributed by atoms with van der Waals surface area (Å²) in [5, 5.41) is 19.7. The van der Waals surface area contributed by atoms with Crippen molar-refractivity contribution >= 4 is 11.0 Å². The molecule has 5 nitrogen and oxygen atoms in total. The molecule has 0 saturated carbocycles. The van der Waals surface area contributed by atoms with Crippen LogP contribution in [0.2, 0.25) is 0 Å². The number of fused-ring (bicyclic) bond motifs is 1. The highest BCUT2D eigenvalue weighted by Crippen LogP contribution is 2.29. The number of aromatic nitrogens is 3. The molecular weight excluding hydrogens is 288 g/mol. The molecule has 0 aliphatic carbocycles. The van der Waals surface area contributed by atoms with E-state index in [1.54, 1.807) is 0 Å². The number of phenols is 1. The third-order valence-corrected chi connectivity index (χ3v) is 4.10. The van der Waals surface area contributed by atoms with Gasteiger partial charge in [0.2, 0.25) is 0 Å². The van der Waals surface area contributed by atoms with Crippen LogP contribution in [0.5, 0.6) is 5.75 Å². The van der Waals surface area contributed by atoms with Gasteiger partial charge >= 0.3 is 0 Å². The molecule has 0 atom stereocenters. The van der Waals surface area contributed by atoms with E-state index in [2.05, 4.69) is 28.9 Å². The third-order valence-electron chi connectivity index (χ3n) is 4.10. The zero-order valence-corrected chi connectivity index (χ0v) is 13.8. The summed E-state index contributed by atoms with van der Waals surface area (Å²) in [5.41, 5.74) is 4.26. The lowest BCUT2D eigenvalue weighted by Crippen LogP contribution is -2.22. The Balaban J connectivity index is 2.06. The van der Waals surface area contributed by atoms with Crippen LogP contribution in [0.15, 0.2) is 36.4 Å². The maximum Gasteiger partial charge on any atom is 0.147 e. The summed E-state index contributed by atoms with van der Waals surface area (Å²) in [6.07, 6.45) is 0. The van der Waals surface area contributed by atoms with Crippen LogP contribution in [-0.4, -0.2) is 38.1 Å². The number of hydrogen-bond donors (Lipinski definition) is 1. The number of hydrogen-bond acceptors (Lipinski definition) is 4. The van der Waals surface area contributed by atoms with Crippen LogP contribution in [-0.2, 0) is 6.54 Å². The molecule has 23 heavy (non-hydrogen) atoms. The number of benzene rings is 2. The summed E-state index contributed by atoms with van der Waals surface area (Å²) in [4.78, 5) is 3.80. The minimum Gasteiger partial charge on any atom is -0.505 e.